The van der Waals surface area contributed by atoms with Crippen molar-refractivity contribution < 1.29 is 18.0 Å². The molecule has 0 N–H and O–H groups in total. The number of rotatable bonds is 5. The fraction of sp³-hybridized carbons (Fsp3) is 0.800. The fourth-order valence-corrected chi connectivity index (χ4v) is 4.66. The van der Waals surface area contributed by atoms with E-state index in [4.69, 9.17) is 18.0 Å². The minimum Gasteiger partial charge on any atom is -0.375 e. The van der Waals surface area contributed by atoms with Crippen LogP contribution in [0.1, 0.15) is 19.3 Å². The molecular weight excluding hydrogens is 212 g/mol. The normalized spacial score (nSPS) is 27.7. The molecule has 5 heteroatoms. The van der Waals surface area contributed by atoms with Crippen LogP contribution in [0.3, 0.4) is 0 Å². The average Bonchev–Trinajstić information content (AvgIpc) is 2.33. The number of ether oxygens (including phenoxy) is 1. The highest BCUT2D eigenvalue weighted by Gasteiger charge is 2.60. The molecule has 0 amide bonds. The maximum absolute atomic E-state index is 5.82. The van der Waals surface area contributed by atoms with Gasteiger partial charge in [-0.05, 0) is 19.3 Å². The van der Waals surface area contributed by atoms with E-state index in [0.29, 0.717) is 6.61 Å². The molecule has 0 bridgehead atoms. The van der Waals surface area contributed by atoms with E-state index in [-0.39, 0.29) is 0 Å². The van der Waals surface area contributed by atoms with Crippen LogP contribution in [0.25, 0.3) is 0 Å². The second-order valence-electron chi connectivity index (χ2n) is 3.57. The van der Waals surface area contributed by atoms with Gasteiger partial charge in [0.15, 0.2) is 5.22 Å². The lowest BCUT2D eigenvalue weighted by molar-refractivity contribution is -0.0545. The molecule has 0 spiro atoms. The Balaban J connectivity index is 2.99. The number of hydrogen-bond donors (Lipinski definition) is 0. The summed E-state index contributed by atoms with van der Waals surface area (Å²) in [4.78, 5) is 0. The summed E-state index contributed by atoms with van der Waals surface area (Å²) in [7, 11) is 1.99. The Hall–Kier alpha value is -0.203. The maximum Gasteiger partial charge on any atom is 0.538 e. The lowest BCUT2D eigenvalue weighted by Gasteiger charge is -2.43. The Bertz CT molecular complexity index is 201. The van der Waals surface area contributed by atoms with Crippen LogP contribution < -0.4 is 0 Å². The smallest absolute Gasteiger partial charge is 0.375 e. The molecule has 0 radical (unpaired) electrons. The summed E-state index contributed by atoms with van der Waals surface area (Å²) in [6, 6.07) is 0. The maximum atomic E-state index is 5.82. The van der Waals surface area contributed by atoms with Gasteiger partial charge in [0, 0.05) is 27.9 Å². The van der Waals surface area contributed by atoms with Crippen LogP contribution in [-0.2, 0) is 18.0 Å². The zero-order valence-electron chi connectivity index (χ0n) is 9.75. The van der Waals surface area contributed by atoms with Gasteiger partial charge in [-0.1, -0.05) is 6.08 Å². The molecule has 1 saturated heterocycles. The lowest BCUT2D eigenvalue weighted by Crippen LogP contribution is -2.65. The monoisotopic (exact) mass is 232 g/mol. The molecule has 15 heavy (non-hydrogen) atoms. The van der Waals surface area contributed by atoms with Crippen LogP contribution in [0.15, 0.2) is 12.7 Å². The summed E-state index contributed by atoms with van der Waals surface area (Å²) >= 11 is 0. The van der Waals surface area contributed by atoms with Gasteiger partial charge in [0.05, 0.1) is 0 Å². The van der Waals surface area contributed by atoms with E-state index in [1.165, 1.54) is 0 Å². The molecule has 1 heterocycles. The van der Waals surface area contributed by atoms with Crippen LogP contribution in [0.2, 0.25) is 0 Å². The summed E-state index contributed by atoms with van der Waals surface area (Å²) in [5.74, 6) is 0. The average molecular weight is 232 g/mol. The second kappa shape index (κ2) is 5.22. The van der Waals surface area contributed by atoms with Gasteiger partial charge in [-0.15, -0.1) is 6.58 Å². The molecule has 4 nitrogen and oxygen atoms in total. The number of hydrogen-bond acceptors (Lipinski definition) is 4. The van der Waals surface area contributed by atoms with Crippen molar-refractivity contribution in [2.75, 3.05) is 27.9 Å². The van der Waals surface area contributed by atoms with Crippen LogP contribution in [0.5, 0.6) is 0 Å². The zero-order valence-corrected chi connectivity index (χ0v) is 10.7. The molecule has 88 valence electrons. The Labute approximate surface area is 92.5 Å². The first-order valence-corrected chi connectivity index (χ1v) is 6.86. The lowest BCUT2D eigenvalue weighted by atomic mass is 10.1. The van der Waals surface area contributed by atoms with Crippen LogP contribution >= 0.6 is 0 Å². The highest BCUT2D eigenvalue weighted by Crippen LogP contribution is 2.36. The third-order valence-corrected chi connectivity index (χ3v) is 6.20. The Kier molecular flexibility index (Phi) is 4.48. The summed E-state index contributed by atoms with van der Waals surface area (Å²) in [5.41, 5.74) is 0. The van der Waals surface area contributed by atoms with E-state index in [2.05, 4.69) is 6.58 Å². The van der Waals surface area contributed by atoms with E-state index in [0.717, 1.165) is 19.3 Å². The predicted octanol–water partition coefficient (Wildman–Crippen LogP) is 1.53. The Morgan fingerprint density at radius 2 is 1.80 bits per heavy atom. The Morgan fingerprint density at radius 3 is 2.13 bits per heavy atom. The van der Waals surface area contributed by atoms with Gasteiger partial charge < -0.3 is 18.0 Å². The van der Waals surface area contributed by atoms with Crippen molar-refractivity contribution in [1.82, 2.24) is 0 Å². The van der Waals surface area contributed by atoms with Crippen molar-refractivity contribution in [3.8, 4) is 0 Å². The molecule has 0 aromatic rings. The molecule has 1 rings (SSSR count). The van der Waals surface area contributed by atoms with Gasteiger partial charge >= 0.3 is 8.80 Å². The van der Waals surface area contributed by atoms with E-state index in [1.807, 2.05) is 0 Å². The van der Waals surface area contributed by atoms with Gasteiger partial charge in [-0.25, -0.2) is 0 Å². The summed E-state index contributed by atoms with van der Waals surface area (Å²) in [5, 5.41) is -0.580. The van der Waals surface area contributed by atoms with Gasteiger partial charge in [0.2, 0.25) is 0 Å². The minimum absolute atomic E-state index is 0.580. The molecule has 1 atom stereocenters. The zero-order chi connectivity index (χ0) is 11.4. The molecule has 0 saturated carbocycles. The van der Waals surface area contributed by atoms with Crippen molar-refractivity contribution in [3.63, 3.8) is 0 Å². The van der Waals surface area contributed by atoms with E-state index >= 15 is 0 Å². The van der Waals surface area contributed by atoms with Crippen molar-refractivity contribution in [2.24, 2.45) is 0 Å². The first-order valence-electron chi connectivity index (χ1n) is 5.13. The van der Waals surface area contributed by atoms with E-state index in [1.54, 1.807) is 27.4 Å². The first-order chi connectivity index (χ1) is 7.20. The molecule has 1 unspecified atom stereocenters. The summed E-state index contributed by atoms with van der Waals surface area (Å²) < 4.78 is 22.2. The third-order valence-electron chi connectivity index (χ3n) is 2.96. The van der Waals surface area contributed by atoms with Gasteiger partial charge in [0.25, 0.3) is 0 Å². The Morgan fingerprint density at radius 1 is 1.20 bits per heavy atom. The fourth-order valence-electron chi connectivity index (χ4n) is 2.11. The van der Waals surface area contributed by atoms with E-state index < -0.39 is 14.0 Å². The standard InChI is InChI=1S/C10H20O4Si/c1-5-10(8-6-7-9-14-10)15(11-2,12-3)13-4/h5H,1,6-9H2,2-4H3. The molecular formula is C10H20O4Si. The molecule has 0 aromatic heterocycles. The summed E-state index contributed by atoms with van der Waals surface area (Å²) in [6.07, 6.45) is 4.77. The molecule has 1 aliphatic rings. The summed E-state index contributed by atoms with van der Waals surface area (Å²) in [6.45, 7) is 4.54. The largest absolute Gasteiger partial charge is 0.538 e. The molecule has 1 aliphatic heterocycles. The van der Waals surface area contributed by atoms with Crippen molar-refractivity contribution >= 4 is 8.80 Å². The third kappa shape index (κ3) is 2.02. The van der Waals surface area contributed by atoms with Crippen molar-refractivity contribution in [2.45, 2.75) is 24.5 Å². The second-order valence-corrected chi connectivity index (χ2v) is 6.75. The van der Waals surface area contributed by atoms with Gasteiger partial charge in [-0.3, -0.25) is 0 Å². The molecule has 0 aliphatic carbocycles. The topological polar surface area (TPSA) is 36.9 Å². The predicted molar refractivity (Wildman–Crippen MR) is 59.5 cm³/mol. The van der Waals surface area contributed by atoms with Crippen LogP contribution in [0.4, 0.5) is 0 Å². The quantitative estimate of drug-likeness (QED) is 0.532. The van der Waals surface area contributed by atoms with Crippen LogP contribution in [-0.4, -0.2) is 42.0 Å². The molecule has 1 fully saturated rings. The highest BCUT2D eigenvalue weighted by atomic mass is 28.4. The van der Waals surface area contributed by atoms with E-state index in [9.17, 15) is 0 Å². The van der Waals surface area contributed by atoms with Crippen molar-refractivity contribution in [1.29, 1.82) is 0 Å². The first kappa shape index (κ1) is 12.9. The minimum atomic E-state index is -2.81. The van der Waals surface area contributed by atoms with Gasteiger partial charge in [0.1, 0.15) is 0 Å². The van der Waals surface area contributed by atoms with Crippen LogP contribution in [0, 0.1) is 0 Å². The highest BCUT2D eigenvalue weighted by molar-refractivity contribution is 6.64. The molecule has 0 aromatic carbocycles. The SMILES string of the molecule is C=CC1([Si](OC)(OC)OC)CCCCO1. The van der Waals surface area contributed by atoms with Crippen molar-refractivity contribution in [3.05, 3.63) is 12.7 Å². The van der Waals surface area contributed by atoms with Gasteiger partial charge in [-0.2, -0.15) is 0 Å².